The lowest BCUT2D eigenvalue weighted by Crippen LogP contribution is -2.38. The number of nitrogens with zero attached hydrogens (tertiary/aromatic N) is 2. The second-order valence-electron chi connectivity index (χ2n) is 5.06. The van der Waals surface area contributed by atoms with Crippen molar-refractivity contribution >= 4 is 10.9 Å². The molecule has 2 N–H and O–H groups in total. The molecule has 1 fully saturated rings. The highest BCUT2D eigenvalue weighted by Gasteiger charge is 2.18. The smallest absolute Gasteiger partial charge is 0.258 e. The number of piperidine rings is 1. The second-order valence-corrected chi connectivity index (χ2v) is 5.06. The average molecular weight is 259 g/mol. The molecule has 0 unspecified atom stereocenters. The Labute approximate surface area is 110 Å². The van der Waals surface area contributed by atoms with Gasteiger partial charge in [-0.05, 0) is 31.5 Å². The number of aliphatic hydroxyl groups is 1. The number of aliphatic hydroxyl groups excluding tert-OH is 1. The van der Waals surface area contributed by atoms with Crippen LogP contribution in [-0.2, 0) is 6.54 Å². The fourth-order valence-corrected chi connectivity index (χ4v) is 2.60. The van der Waals surface area contributed by atoms with Gasteiger partial charge in [0, 0.05) is 6.54 Å². The fourth-order valence-electron chi connectivity index (χ4n) is 2.60. The van der Waals surface area contributed by atoms with E-state index in [1.165, 1.54) is 0 Å². The topological polar surface area (TPSA) is 69.2 Å². The van der Waals surface area contributed by atoms with Crippen LogP contribution in [0.5, 0.6) is 0 Å². The molecule has 1 aromatic heterocycles. The fraction of sp³-hybridized carbons (Fsp3) is 0.429. The van der Waals surface area contributed by atoms with Gasteiger partial charge in [-0.1, -0.05) is 12.1 Å². The zero-order valence-corrected chi connectivity index (χ0v) is 10.7. The highest BCUT2D eigenvalue weighted by atomic mass is 16.3. The predicted octanol–water partition coefficient (Wildman–Crippen LogP) is 0.880. The zero-order valence-electron chi connectivity index (χ0n) is 10.7. The number of nitrogens with one attached hydrogen (secondary N) is 1. The number of H-pyrrole nitrogens is 1. The van der Waals surface area contributed by atoms with Crippen LogP contribution in [0.1, 0.15) is 18.7 Å². The van der Waals surface area contributed by atoms with Gasteiger partial charge in [-0.3, -0.25) is 9.69 Å². The number of rotatable bonds is 2. The molecule has 0 aliphatic carbocycles. The molecule has 0 saturated carbocycles. The quantitative estimate of drug-likeness (QED) is 0.840. The number of likely N-dealkylation sites (tertiary alicyclic amines) is 1. The Balaban J connectivity index is 1.87. The first-order chi connectivity index (χ1) is 9.22. The van der Waals surface area contributed by atoms with Crippen molar-refractivity contribution in [1.82, 2.24) is 14.9 Å². The molecule has 5 nitrogen and oxygen atoms in total. The van der Waals surface area contributed by atoms with Gasteiger partial charge in [-0.15, -0.1) is 0 Å². The number of aromatic amines is 1. The summed E-state index contributed by atoms with van der Waals surface area (Å²) >= 11 is 0. The molecule has 0 spiro atoms. The molecule has 2 aromatic rings. The van der Waals surface area contributed by atoms with Gasteiger partial charge in [-0.2, -0.15) is 0 Å². The van der Waals surface area contributed by atoms with Crippen molar-refractivity contribution in [2.75, 3.05) is 13.1 Å². The highest BCUT2D eigenvalue weighted by molar-refractivity contribution is 5.77. The third-order valence-corrected chi connectivity index (χ3v) is 3.52. The number of aromatic nitrogens is 2. The number of hydrogen-bond acceptors (Lipinski definition) is 4. The van der Waals surface area contributed by atoms with Gasteiger partial charge < -0.3 is 10.1 Å². The van der Waals surface area contributed by atoms with E-state index in [4.69, 9.17) is 0 Å². The Kier molecular flexibility index (Phi) is 3.31. The van der Waals surface area contributed by atoms with E-state index in [0.29, 0.717) is 24.3 Å². The normalized spacial score (nSPS) is 20.8. The summed E-state index contributed by atoms with van der Waals surface area (Å²) in [5.74, 6) is 0.665. The lowest BCUT2D eigenvalue weighted by atomic mass is 10.1. The van der Waals surface area contributed by atoms with Crippen molar-refractivity contribution < 1.29 is 5.11 Å². The number of para-hydroxylation sites is 1. The van der Waals surface area contributed by atoms with E-state index < -0.39 is 0 Å². The molecule has 1 saturated heterocycles. The molecule has 0 radical (unpaired) electrons. The minimum absolute atomic E-state index is 0.0989. The zero-order chi connectivity index (χ0) is 13.2. The van der Waals surface area contributed by atoms with Crippen molar-refractivity contribution in [3.8, 4) is 0 Å². The van der Waals surface area contributed by atoms with Gasteiger partial charge in [-0.25, -0.2) is 4.98 Å². The molecule has 3 rings (SSSR count). The number of β-amino-alcohol motifs (C(OH)–C–C–N with tert-alkyl or cyclic N) is 1. The van der Waals surface area contributed by atoms with Crippen molar-refractivity contribution in [1.29, 1.82) is 0 Å². The predicted molar refractivity (Wildman–Crippen MR) is 72.9 cm³/mol. The Hall–Kier alpha value is -1.72. The Bertz CT molecular complexity index is 638. The molecular weight excluding hydrogens is 242 g/mol. The van der Waals surface area contributed by atoms with Gasteiger partial charge in [0.25, 0.3) is 5.56 Å². The molecule has 1 aromatic carbocycles. The lowest BCUT2D eigenvalue weighted by Gasteiger charge is -2.29. The monoisotopic (exact) mass is 259 g/mol. The maximum absolute atomic E-state index is 11.9. The van der Waals surface area contributed by atoms with Crippen molar-refractivity contribution in [2.45, 2.75) is 25.5 Å². The van der Waals surface area contributed by atoms with E-state index in [2.05, 4.69) is 14.9 Å². The van der Waals surface area contributed by atoms with Crippen LogP contribution >= 0.6 is 0 Å². The number of benzene rings is 1. The standard InChI is InChI=1S/C14H17N3O2/c18-10-4-3-7-17(8-10)9-13-15-12-6-2-1-5-11(12)14(19)16-13/h1-2,5-6,10,18H,3-4,7-9H2,(H,15,16,19)/t10-/m0/s1. The van der Waals surface area contributed by atoms with Crippen LogP contribution in [0.15, 0.2) is 29.1 Å². The first-order valence-corrected chi connectivity index (χ1v) is 6.61. The summed E-state index contributed by atoms with van der Waals surface area (Å²) < 4.78 is 0. The van der Waals surface area contributed by atoms with Gasteiger partial charge in [0.2, 0.25) is 0 Å². The largest absolute Gasteiger partial charge is 0.392 e. The van der Waals surface area contributed by atoms with Gasteiger partial charge >= 0.3 is 0 Å². The average Bonchev–Trinajstić information content (AvgIpc) is 2.39. The first-order valence-electron chi connectivity index (χ1n) is 6.61. The Morgan fingerprint density at radius 1 is 1.42 bits per heavy atom. The van der Waals surface area contributed by atoms with Crippen LogP contribution in [0.4, 0.5) is 0 Å². The van der Waals surface area contributed by atoms with Crippen LogP contribution in [0.3, 0.4) is 0 Å². The number of fused-ring (bicyclic) bond motifs is 1. The van der Waals surface area contributed by atoms with Gasteiger partial charge in [0.05, 0.1) is 23.6 Å². The third kappa shape index (κ3) is 2.67. The lowest BCUT2D eigenvalue weighted by molar-refractivity contribution is 0.0655. The maximum Gasteiger partial charge on any atom is 0.258 e. The van der Waals surface area contributed by atoms with Crippen LogP contribution in [0, 0.1) is 0 Å². The molecule has 19 heavy (non-hydrogen) atoms. The van der Waals surface area contributed by atoms with Crippen LogP contribution in [0.2, 0.25) is 0 Å². The molecular formula is C14H17N3O2. The molecule has 2 heterocycles. The highest BCUT2D eigenvalue weighted by Crippen LogP contribution is 2.12. The molecule has 1 atom stereocenters. The molecule has 1 aliphatic rings. The summed E-state index contributed by atoms with van der Waals surface area (Å²) in [6, 6.07) is 7.33. The van der Waals surface area contributed by atoms with Crippen LogP contribution in [0.25, 0.3) is 10.9 Å². The van der Waals surface area contributed by atoms with E-state index in [1.807, 2.05) is 18.2 Å². The van der Waals surface area contributed by atoms with E-state index in [-0.39, 0.29) is 11.7 Å². The summed E-state index contributed by atoms with van der Waals surface area (Å²) in [5, 5.41) is 10.3. The van der Waals surface area contributed by atoms with E-state index in [0.717, 1.165) is 24.9 Å². The van der Waals surface area contributed by atoms with Crippen LogP contribution in [-0.4, -0.2) is 39.2 Å². The summed E-state index contributed by atoms with van der Waals surface area (Å²) in [4.78, 5) is 21.4. The molecule has 0 amide bonds. The molecule has 5 heteroatoms. The van der Waals surface area contributed by atoms with E-state index in [1.54, 1.807) is 6.07 Å². The third-order valence-electron chi connectivity index (χ3n) is 3.52. The SMILES string of the molecule is O=c1[nH]c(CN2CCC[C@H](O)C2)nc2ccccc12. The Morgan fingerprint density at radius 2 is 2.26 bits per heavy atom. The van der Waals surface area contributed by atoms with E-state index in [9.17, 15) is 9.90 Å². The van der Waals surface area contributed by atoms with Crippen molar-refractivity contribution in [2.24, 2.45) is 0 Å². The minimum Gasteiger partial charge on any atom is -0.392 e. The van der Waals surface area contributed by atoms with Crippen molar-refractivity contribution in [3.05, 3.63) is 40.4 Å². The van der Waals surface area contributed by atoms with Crippen LogP contribution < -0.4 is 5.56 Å². The first kappa shape index (κ1) is 12.3. The molecule has 0 bridgehead atoms. The molecule has 1 aliphatic heterocycles. The summed E-state index contributed by atoms with van der Waals surface area (Å²) in [6.07, 6.45) is 1.58. The summed E-state index contributed by atoms with van der Waals surface area (Å²) in [6.45, 7) is 2.17. The second kappa shape index (κ2) is 5.11. The summed E-state index contributed by atoms with van der Waals surface area (Å²) in [5.41, 5.74) is 0.622. The van der Waals surface area contributed by atoms with Crippen molar-refractivity contribution in [3.63, 3.8) is 0 Å². The van der Waals surface area contributed by atoms with E-state index >= 15 is 0 Å². The van der Waals surface area contributed by atoms with Gasteiger partial charge in [0.1, 0.15) is 5.82 Å². The Morgan fingerprint density at radius 3 is 3.11 bits per heavy atom. The van der Waals surface area contributed by atoms with Gasteiger partial charge in [0.15, 0.2) is 0 Å². The number of hydrogen-bond donors (Lipinski definition) is 2. The maximum atomic E-state index is 11.9. The molecule has 100 valence electrons. The summed E-state index contributed by atoms with van der Waals surface area (Å²) in [7, 11) is 0. The minimum atomic E-state index is -0.263.